The summed E-state index contributed by atoms with van der Waals surface area (Å²) in [6.45, 7) is 4.48. The number of carbonyl (C=O) groups is 1. The van der Waals surface area contributed by atoms with Gasteiger partial charge in [-0.2, -0.15) is 0 Å². The third-order valence-corrected chi connectivity index (χ3v) is 2.69. The van der Waals surface area contributed by atoms with Crippen molar-refractivity contribution in [1.29, 1.82) is 0 Å². The fourth-order valence-corrected chi connectivity index (χ4v) is 1.78. The van der Waals surface area contributed by atoms with E-state index in [0.717, 1.165) is 12.1 Å². The smallest absolute Gasteiger partial charge is 0.254 e. The average molecular weight is 267 g/mol. The van der Waals surface area contributed by atoms with Crippen LogP contribution in [0.2, 0.25) is 0 Å². The van der Waals surface area contributed by atoms with Crippen molar-refractivity contribution in [1.82, 2.24) is 10.6 Å². The van der Waals surface area contributed by atoms with Crippen LogP contribution in [0, 0.1) is 17.6 Å². The van der Waals surface area contributed by atoms with Crippen LogP contribution in [-0.2, 0) is 4.79 Å². The Balaban J connectivity index is 2.23. The predicted molar refractivity (Wildman–Crippen MR) is 67.5 cm³/mol. The Bertz CT molecular complexity index is 508. The summed E-state index contributed by atoms with van der Waals surface area (Å²) in [5.74, 6) is -1.43. The number of carbonyl (C=O) groups excluding carboxylic acids is 1. The van der Waals surface area contributed by atoms with Crippen LogP contribution in [0.25, 0.3) is 0 Å². The fourth-order valence-electron chi connectivity index (χ4n) is 1.78. The summed E-state index contributed by atoms with van der Waals surface area (Å²) >= 11 is 0. The van der Waals surface area contributed by atoms with Gasteiger partial charge in [-0.3, -0.25) is 15.1 Å². The van der Waals surface area contributed by atoms with Gasteiger partial charge in [-0.05, 0) is 18.1 Å². The highest BCUT2D eigenvalue weighted by atomic mass is 19.1. The van der Waals surface area contributed by atoms with Gasteiger partial charge >= 0.3 is 0 Å². The molecule has 1 atom stereocenters. The summed E-state index contributed by atoms with van der Waals surface area (Å²) in [5, 5.41) is 5.18. The highest BCUT2D eigenvalue weighted by molar-refractivity contribution is 6.06. The summed E-state index contributed by atoms with van der Waals surface area (Å²) in [6, 6.07) is 2.43. The molecule has 1 unspecified atom stereocenters. The van der Waals surface area contributed by atoms with Gasteiger partial charge in [-0.1, -0.05) is 19.9 Å². The standard InChI is InChI=1S/C13H15F2N3O/c1-7(2)6-16-13-17-11(12(19)18-13)10-8(14)4-3-5-9(10)15/h3-5,7,11H,6H2,1-2H3,(H2,16,17,18,19). The molecule has 1 amide bonds. The molecule has 0 aromatic heterocycles. The first-order chi connectivity index (χ1) is 8.99. The molecule has 0 aliphatic carbocycles. The number of rotatable bonds is 3. The van der Waals surface area contributed by atoms with Crippen LogP contribution in [0.3, 0.4) is 0 Å². The molecule has 2 rings (SSSR count). The minimum Gasteiger partial charge on any atom is -0.340 e. The van der Waals surface area contributed by atoms with Crippen molar-refractivity contribution < 1.29 is 13.6 Å². The Hall–Kier alpha value is -1.98. The van der Waals surface area contributed by atoms with Crippen LogP contribution in [0.4, 0.5) is 8.78 Å². The van der Waals surface area contributed by atoms with Crippen molar-refractivity contribution in [3.63, 3.8) is 0 Å². The van der Waals surface area contributed by atoms with E-state index >= 15 is 0 Å². The minimum atomic E-state index is -1.08. The molecule has 1 aliphatic heterocycles. The first kappa shape index (κ1) is 13.5. The Kier molecular flexibility index (Phi) is 3.78. The van der Waals surface area contributed by atoms with E-state index in [1.165, 1.54) is 6.07 Å². The maximum atomic E-state index is 13.6. The van der Waals surface area contributed by atoms with Gasteiger partial charge in [0.1, 0.15) is 17.7 Å². The zero-order valence-corrected chi connectivity index (χ0v) is 10.7. The van der Waals surface area contributed by atoms with E-state index in [9.17, 15) is 13.6 Å². The maximum absolute atomic E-state index is 13.6. The van der Waals surface area contributed by atoms with E-state index < -0.39 is 23.6 Å². The molecule has 0 radical (unpaired) electrons. The summed E-state index contributed by atoms with van der Waals surface area (Å²) in [5.41, 5.74) is -0.283. The summed E-state index contributed by atoms with van der Waals surface area (Å²) in [4.78, 5) is 15.9. The second-order valence-electron chi connectivity index (χ2n) is 4.79. The van der Waals surface area contributed by atoms with Gasteiger partial charge in [0.25, 0.3) is 5.91 Å². The Morgan fingerprint density at radius 1 is 1.32 bits per heavy atom. The van der Waals surface area contributed by atoms with Gasteiger partial charge in [0.05, 0.1) is 5.56 Å². The summed E-state index contributed by atoms with van der Waals surface area (Å²) in [6.07, 6.45) is 0. The maximum Gasteiger partial charge on any atom is 0.254 e. The zero-order chi connectivity index (χ0) is 14.0. The highest BCUT2D eigenvalue weighted by Gasteiger charge is 2.33. The average Bonchev–Trinajstić information content (AvgIpc) is 2.68. The highest BCUT2D eigenvalue weighted by Crippen LogP contribution is 2.23. The Labute approximate surface area is 109 Å². The summed E-state index contributed by atoms with van der Waals surface area (Å²) in [7, 11) is 0. The number of amides is 1. The number of aliphatic imine (C=N–C) groups is 1. The Morgan fingerprint density at radius 2 is 1.95 bits per heavy atom. The molecule has 0 bridgehead atoms. The van der Waals surface area contributed by atoms with Crippen molar-refractivity contribution in [3.8, 4) is 0 Å². The first-order valence-corrected chi connectivity index (χ1v) is 6.04. The number of guanidine groups is 1. The van der Waals surface area contributed by atoms with Crippen LogP contribution in [0.1, 0.15) is 25.5 Å². The molecule has 1 aromatic carbocycles. The molecule has 1 saturated heterocycles. The number of hydrogen-bond donors (Lipinski definition) is 2. The molecule has 4 nitrogen and oxygen atoms in total. The number of hydrogen-bond acceptors (Lipinski definition) is 2. The van der Waals surface area contributed by atoms with Gasteiger partial charge in [-0.15, -0.1) is 0 Å². The fraction of sp³-hybridized carbons (Fsp3) is 0.385. The van der Waals surface area contributed by atoms with Gasteiger partial charge in [0, 0.05) is 6.54 Å². The van der Waals surface area contributed by atoms with E-state index in [1.807, 2.05) is 13.8 Å². The minimum absolute atomic E-state index is 0.256. The van der Waals surface area contributed by atoms with Crippen molar-refractivity contribution in [2.45, 2.75) is 19.9 Å². The lowest BCUT2D eigenvalue weighted by molar-refractivity contribution is -0.120. The lowest BCUT2D eigenvalue weighted by Crippen LogP contribution is -2.26. The van der Waals surface area contributed by atoms with E-state index in [2.05, 4.69) is 15.6 Å². The van der Waals surface area contributed by atoms with Crippen LogP contribution in [-0.4, -0.2) is 18.4 Å². The molecular formula is C13H15F2N3O. The van der Waals surface area contributed by atoms with Crippen molar-refractivity contribution in [2.24, 2.45) is 10.9 Å². The largest absolute Gasteiger partial charge is 0.340 e. The lowest BCUT2D eigenvalue weighted by Gasteiger charge is -2.10. The molecule has 102 valence electrons. The monoisotopic (exact) mass is 267 g/mol. The molecule has 19 heavy (non-hydrogen) atoms. The molecule has 6 heteroatoms. The van der Waals surface area contributed by atoms with Gasteiger partial charge in [0.15, 0.2) is 5.96 Å². The van der Waals surface area contributed by atoms with Crippen LogP contribution in [0.15, 0.2) is 23.2 Å². The van der Waals surface area contributed by atoms with Crippen molar-refractivity contribution in [2.75, 3.05) is 6.54 Å². The zero-order valence-electron chi connectivity index (χ0n) is 10.7. The number of benzene rings is 1. The molecule has 0 saturated carbocycles. The molecule has 2 N–H and O–H groups in total. The van der Waals surface area contributed by atoms with Gasteiger partial charge < -0.3 is 5.32 Å². The third-order valence-electron chi connectivity index (χ3n) is 2.69. The van der Waals surface area contributed by atoms with E-state index in [0.29, 0.717) is 12.5 Å². The van der Waals surface area contributed by atoms with Crippen LogP contribution >= 0.6 is 0 Å². The number of nitrogens with zero attached hydrogens (tertiary/aromatic N) is 1. The normalized spacial score (nSPS) is 20.8. The molecule has 1 aromatic rings. The molecule has 1 heterocycles. The molecule has 1 aliphatic rings. The van der Waals surface area contributed by atoms with Crippen LogP contribution in [0.5, 0.6) is 0 Å². The third kappa shape index (κ3) is 2.89. The molecule has 1 fully saturated rings. The van der Waals surface area contributed by atoms with E-state index in [-0.39, 0.29) is 11.5 Å². The topological polar surface area (TPSA) is 53.5 Å². The SMILES string of the molecule is CC(C)CN=C1NC(=O)C(c2c(F)cccc2F)N1. The second-order valence-corrected chi connectivity index (χ2v) is 4.79. The Morgan fingerprint density at radius 3 is 2.53 bits per heavy atom. The van der Waals surface area contributed by atoms with E-state index in [4.69, 9.17) is 0 Å². The first-order valence-electron chi connectivity index (χ1n) is 6.04. The molecular weight excluding hydrogens is 252 g/mol. The molecule has 0 spiro atoms. The van der Waals surface area contributed by atoms with Crippen molar-refractivity contribution >= 4 is 11.9 Å². The number of halogens is 2. The van der Waals surface area contributed by atoms with Gasteiger partial charge in [-0.25, -0.2) is 8.78 Å². The lowest BCUT2D eigenvalue weighted by atomic mass is 10.1. The van der Waals surface area contributed by atoms with Crippen molar-refractivity contribution in [3.05, 3.63) is 35.4 Å². The van der Waals surface area contributed by atoms with E-state index in [1.54, 1.807) is 0 Å². The number of nitrogens with one attached hydrogen (secondary N) is 2. The van der Waals surface area contributed by atoms with Gasteiger partial charge in [0.2, 0.25) is 0 Å². The predicted octanol–water partition coefficient (Wildman–Crippen LogP) is 1.74. The second kappa shape index (κ2) is 5.34. The van der Waals surface area contributed by atoms with Crippen LogP contribution < -0.4 is 10.6 Å². The quantitative estimate of drug-likeness (QED) is 0.876. The summed E-state index contributed by atoms with van der Waals surface area (Å²) < 4.78 is 27.2.